The van der Waals surface area contributed by atoms with Gasteiger partial charge in [0.2, 0.25) is 5.91 Å². The number of carbonyl (C=O) groups excluding carboxylic acids is 1. The summed E-state index contributed by atoms with van der Waals surface area (Å²) in [7, 11) is 1.71. The lowest BCUT2D eigenvalue weighted by atomic mass is 9.91. The van der Waals surface area contributed by atoms with Gasteiger partial charge in [0.05, 0.1) is 25.0 Å². The van der Waals surface area contributed by atoms with Crippen molar-refractivity contribution in [2.24, 2.45) is 11.8 Å². The second kappa shape index (κ2) is 13.9. The van der Waals surface area contributed by atoms with E-state index in [1.165, 1.54) is 37.7 Å². The van der Waals surface area contributed by atoms with Crippen LogP contribution in [0, 0.1) is 11.8 Å². The van der Waals surface area contributed by atoms with Gasteiger partial charge in [0, 0.05) is 36.8 Å². The molecule has 3 aliphatic rings. The van der Waals surface area contributed by atoms with E-state index in [-0.39, 0.29) is 18.0 Å². The van der Waals surface area contributed by atoms with Gasteiger partial charge in [-0.1, -0.05) is 37.8 Å². The number of aliphatic hydroxyl groups excluding tert-OH is 1. The second-order valence-corrected chi connectivity index (χ2v) is 11.5. The number of allylic oxidation sites excluding steroid dienone is 3. The maximum Gasteiger partial charge on any atom is 0.238 e. The number of hydrogen-bond acceptors (Lipinski definition) is 7. The maximum absolute atomic E-state index is 12.8. The Morgan fingerprint density at radius 2 is 2.16 bits per heavy atom. The first-order chi connectivity index (χ1) is 15.6. The molecular weight excluding hydrogens is 442 g/mol. The Kier molecular flexibility index (Phi) is 11.3. The Morgan fingerprint density at radius 1 is 1.34 bits per heavy atom. The van der Waals surface area contributed by atoms with E-state index < -0.39 is 6.23 Å². The highest BCUT2D eigenvalue weighted by Crippen LogP contribution is 2.27. The molecule has 32 heavy (non-hydrogen) atoms. The van der Waals surface area contributed by atoms with Gasteiger partial charge < -0.3 is 20.5 Å². The fourth-order valence-electron chi connectivity index (χ4n) is 4.56. The second-order valence-electron chi connectivity index (χ2n) is 9.25. The van der Waals surface area contributed by atoms with Gasteiger partial charge in [-0.2, -0.15) is 23.5 Å². The van der Waals surface area contributed by atoms with E-state index in [4.69, 9.17) is 4.74 Å². The Labute approximate surface area is 202 Å². The lowest BCUT2D eigenvalue weighted by Crippen LogP contribution is -2.57. The number of amides is 1. The van der Waals surface area contributed by atoms with Crippen molar-refractivity contribution >= 4 is 29.4 Å². The summed E-state index contributed by atoms with van der Waals surface area (Å²) < 4.78 is 5.36. The van der Waals surface area contributed by atoms with Gasteiger partial charge in [-0.25, -0.2) is 0 Å². The predicted molar refractivity (Wildman–Crippen MR) is 136 cm³/mol. The van der Waals surface area contributed by atoms with Crippen LogP contribution in [-0.2, 0) is 9.53 Å². The van der Waals surface area contributed by atoms with E-state index in [0.29, 0.717) is 12.5 Å². The Bertz CT molecular complexity index is 646. The zero-order valence-electron chi connectivity index (χ0n) is 19.6. The molecule has 2 aliphatic carbocycles. The maximum atomic E-state index is 12.8. The minimum Gasteiger partial charge on any atom is -0.501 e. The third kappa shape index (κ3) is 8.28. The summed E-state index contributed by atoms with van der Waals surface area (Å²) in [6, 6.07) is -0.486. The highest BCUT2D eigenvalue weighted by atomic mass is 32.2. The number of thioether (sulfide) groups is 2. The third-order valence-corrected chi connectivity index (χ3v) is 9.09. The molecular formula is C24H41N3O3S2. The van der Waals surface area contributed by atoms with Crippen LogP contribution < -0.4 is 16.0 Å². The Balaban J connectivity index is 1.53. The summed E-state index contributed by atoms with van der Waals surface area (Å²) in [5.41, 5.74) is 1.25. The molecule has 1 saturated heterocycles. The summed E-state index contributed by atoms with van der Waals surface area (Å²) in [6.07, 6.45) is 10.9. The van der Waals surface area contributed by atoms with Crippen LogP contribution in [0.4, 0.5) is 0 Å². The predicted octanol–water partition coefficient (Wildman–Crippen LogP) is 2.89. The molecule has 1 aliphatic heterocycles. The highest BCUT2D eigenvalue weighted by Gasteiger charge is 2.28. The number of rotatable bonds is 11. The number of nitrogens with one attached hydrogen (secondary N) is 3. The monoisotopic (exact) mass is 483 g/mol. The first-order valence-electron chi connectivity index (χ1n) is 12.1. The quantitative estimate of drug-likeness (QED) is 0.336. The molecule has 0 aromatic heterocycles. The molecule has 0 aromatic rings. The van der Waals surface area contributed by atoms with Crippen molar-refractivity contribution in [3.63, 3.8) is 0 Å². The summed E-state index contributed by atoms with van der Waals surface area (Å²) in [5.74, 6) is 5.80. The number of carbonyl (C=O) groups is 1. The molecule has 1 amide bonds. The number of hydrogen-bond donors (Lipinski definition) is 4. The van der Waals surface area contributed by atoms with Gasteiger partial charge in [0.25, 0.3) is 0 Å². The van der Waals surface area contributed by atoms with E-state index in [9.17, 15) is 9.90 Å². The largest absolute Gasteiger partial charge is 0.501 e. The summed E-state index contributed by atoms with van der Waals surface area (Å²) >= 11 is 3.67. The molecule has 182 valence electrons. The fraction of sp³-hybridized carbons (Fsp3) is 0.792. The van der Waals surface area contributed by atoms with Gasteiger partial charge in [-0.3, -0.25) is 10.1 Å². The first kappa shape index (κ1) is 25.9. The van der Waals surface area contributed by atoms with Crippen molar-refractivity contribution in [2.75, 3.05) is 43.2 Å². The van der Waals surface area contributed by atoms with Crippen molar-refractivity contribution in [1.29, 1.82) is 0 Å². The lowest BCUT2D eigenvalue weighted by Gasteiger charge is -2.30. The van der Waals surface area contributed by atoms with E-state index >= 15 is 0 Å². The van der Waals surface area contributed by atoms with Gasteiger partial charge in [0.15, 0.2) is 0 Å². The molecule has 4 atom stereocenters. The summed E-state index contributed by atoms with van der Waals surface area (Å²) in [4.78, 5) is 12.8. The van der Waals surface area contributed by atoms with E-state index in [1.54, 1.807) is 18.9 Å². The normalized spacial score (nSPS) is 26.6. The number of methoxy groups -OCH3 is 1. The summed E-state index contributed by atoms with van der Waals surface area (Å²) in [5, 5.41) is 20.7. The van der Waals surface area contributed by atoms with Crippen LogP contribution >= 0.6 is 23.5 Å². The highest BCUT2D eigenvalue weighted by molar-refractivity contribution is 7.99. The standard InChI is InChI=1S/C24H41N3O3S2/c1-17-12-20(30-2)9-8-19(17)13-26-23(28)22(16-32-14-18-6-4-3-5-7-18)27-24(29)21-15-31-11-10-25-21/h8-9,17-18,21-23,25-26,28H,3-7,10-16H2,1-2H3,(H,27,29)/t17?,21?,22-,23?/m0/s1. The number of aliphatic hydroxyl groups is 1. The molecule has 3 unspecified atom stereocenters. The van der Waals surface area contributed by atoms with Gasteiger partial charge in [-0.05, 0) is 36.5 Å². The Morgan fingerprint density at radius 3 is 2.84 bits per heavy atom. The van der Waals surface area contributed by atoms with Crippen molar-refractivity contribution in [3.8, 4) is 0 Å². The van der Waals surface area contributed by atoms with Gasteiger partial charge in [-0.15, -0.1) is 0 Å². The van der Waals surface area contributed by atoms with Crippen LogP contribution in [0.1, 0.15) is 45.4 Å². The minimum atomic E-state index is -0.782. The van der Waals surface area contributed by atoms with Crippen molar-refractivity contribution in [3.05, 3.63) is 23.5 Å². The van der Waals surface area contributed by atoms with Crippen molar-refractivity contribution in [1.82, 2.24) is 16.0 Å². The molecule has 0 radical (unpaired) electrons. The molecule has 1 saturated carbocycles. The molecule has 6 nitrogen and oxygen atoms in total. The number of ether oxygens (including phenoxy) is 1. The fourth-order valence-corrected chi connectivity index (χ4v) is 6.81. The van der Waals surface area contributed by atoms with E-state index in [0.717, 1.165) is 47.7 Å². The molecule has 0 bridgehead atoms. The Hall–Kier alpha value is -0.670. The van der Waals surface area contributed by atoms with E-state index in [1.807, 2.05) is 17.8 Å². The minimum absolute atomic E-state index is 0.000707. The molecule has 0 aromatic carbocycles. The van der Waals surface area contributed by atoms with Crippen LogP contribution in [0.3, 0.4) is 0 Å². The average molecular weight is 484 g/mol. The van der Waals surface area contributed by atoms with Crippen LogP contribution in [-0.4, -0.2) is 72.5 Å². The first-order valence-corrected chi connectivity index (χ1v) is 14.4. The zero-order chi connectivity index (χ0) is 22.8. The summed E-state index contributed by atoms with van der Waals surface area (Å²) in [6.45, 7) is 3.64. The molecule has 1 heterocycles. The molecule has 2 fully saturated rings. The zero-order valence-corrected chi connectivity index (χ0v) is 21.2. The molecule has 3 rings (SSSR count). The third-order valence-electron chi connectivity index (χ3n) is 6.72. The van der Waals surface area contributed by atoms with Crippen LogP contribution in [0.2, 0.25) is 0 Å². The van der Waals surface area contributed by atoms with E-state index in [2.05, 4.69) is 29.0 Å². The molecule has 4 N–H and O–H groups in total. The van der Waals surface area contributed by atoms with Gasteiger partial charge in [0.1, 0.15) is 6.23 Å². The van der Waals surface area contributed by atoms with Crippen LogP contribution in [0.25, 0.3) is 0 Å². The van der Waals surface area contributed by atoms with Crippen molar-refractivity contribution < 1.29 is 14.6 Å². The molecule has 0 spiro atoms. The van der Waals surface area contributed by atoms with Crippen LogP contribution in [0.15, 0.2) is 23.5 Å². The van der Waals surface area contributed by atoms with Gasteiger partial charge >= 0.3 is 0 Å². The topological polar surface area (TPSA) is 82.6 Å². The lowest BCUT2D eigenvalue weighted by molar-refractivity contribution is -0.124. The SMILES string of the molecule is COC1=CC=C(CNC(O)[C@H](CSCC2CCCCC2)NC(=O)C2CSCCN2)C(C)C1. The molecule has 8 heteroatoms. The van der Waals surface area contributed by atoms with Crippen molar-refractivity contribution in [2.45, 2.75) is 63.8 Å². The van der Waals surface area contributed by atoms with Crippen LogP contribution in [0.5, 0.6) is 0 Å². The average Bonchev–Trinajstić information content (AvgIpc) is 2.83. The smallest absolute Gasteiger partial charge is 0.238 e.